The minimum atomic E-state index is -0.144. The van der Waals surface area contributed by atoms with Crippen molar-refractivity contribution in [3.05, 3.63) is 40.9 Å². The van der Waals surface area contributed by atoms with Crippen molar-refractivity contribution >= 4 is 29.1 Å². The zero-order valence-corrected chi connectivity index (χ0v) is 17.4. The number of hydrogen-bond acceptors (Lipinski definition) is 3. The number of carbonyl (C=O) groups is 2. The normalized spacial score (nSPS) is 25.1. The molecule has 0 bridgehead atoms. The lowest BCUT2D eigenvalue weighted by atomic mass is 9.98. The first-order chi connectivity index (χ1) is 13.4. The lowest BCUT2D eigenvalue weighted by molar-refractivity contribution is -0.950. The fourth-order valence-corrected chi connectivity index (χ4v) is 4.24. The van der Waals surface area contributed by atoms with Crippen molar-refractivity contribution in [3.8, 4) is 0 Å². The Hall–Kier alpha value is -2.05. The Kier molecular flexibility index (Phi) is 6.97. The topological polar surface area (TPSA) is 65.9 Å². The number of likely N-dealkylation sites (tertiary alicyclic amines) is 1. The van der Waals surface area contributed by atoms with Gasteiger partial charge >= 0.3 is 0 Å². The zero-order chi connectivity index (χ0) is 20.1. The maximum Gasteiger partial charge on any atom is 0.245 e. The van der Waals surface area contributed by atoms with Gasteiger partial charge in [-0.25, -0.2) is 5.01 Å². The van der Waals surface area contributed by atoms with Crippen LogP contribution < -0.4 is 15.6 Å². The molecular formula is C21H30ClN4O2+. The summed E-state index contributed by atoms with van der Waals surface area (Å²) < 4.78 is 0. The maximum absolute atomic E-state index is 12.4. The van der Waals surface area contributed by atoms with Gasteiger partial charge in [0.15, 0.2) is 0 Å². The third-order valence-corrected chi connectivity index (χ3v) is 6.02. The molecule has 0 saturated carbocycles. The fraction of sp³-hybridized carbons (Fsp3) is 0.524. The highest BCUT2D eigenvalue weighted by molar-refractivity contribution is 6.30. The van der Waals surface area contributed by atoms with Crippen molar-refractivity contribution in [2.75, 3.05) is 19.6 Å². The average molecular weight is 406 g/mol. The summed E-state index contributed by atoms with van der Waals surface area (Å²) in [5.74, 6) is -0.258. The first kappa shape index (κ1) is 20.7. The largest absolute Gasteiger partial charge is 0.349 e. The van der Waals surface area contributed by atoms with Gasteiger partial charge in [0.05, 0.1) is 30.9 Å². The Morgan fingerprint density at radius 3 is 2.61 bits per heavy atom. The highest BCUT2D eigenvalue weighted by atomic mass is 35.5. The zero-order valence-electron chi connectivity index (χ0n) is 16.6. The molecule has 2 unspecified atom stereocenters. The van der Waals surface area contributed by atoms with Crippen LogP contribution in [0.25, 0.3) is 5.70 Å². The first-order valence-corrected chi connectivity index (χ1v) is 10.5. The molecule has 1 aromatic carbocycles. The van der Waals surface area contributed by atoms with E-state index < -0.39 is 0 Å². The van der Waals surface area contributed by atoms with Crippen molar-refractivity contribution < 1.29 is 14.5 Å². The summed E-state index contributed by atoms with van der Waals surface area (Å²) in [6.07, 6.45) is 5.90. The van der Waals surface area contributed by atoms with E-state index in [1.165, 1.54) is 24.3 Å². The molecule has 1 fully saturated rings. The fourth-order valence-electron chi connectivity index (χ4n) is 4.12. The number of benzene rings is 1. The Morgan fingerprint density at radius 2 is 1.93 bits per heavy atom. The van der Waals surface area contributed by atoms with Gasteiger partial charge in [-0.2, -0.15) is 0 Å². The summed E-state index contributed by atoms with van der Waals surface area (Å²) in [5, 5.41) is 5.02. The summed E-state index contributed by atoms with van der Waals surface area (Å²) in [6, 6.07) is 8.66. The molecule has 28 heavy (non-hydrogen) atoms. The third kappa shape index (κ3) is 5.26. The lowest BCUT2D eigenvalue weighted by Gasteiger charge is -2.35. The molecule has 2 heterocycles. The van der Waals surface area contributed by atoms with Gasteiger partial charge in [0.25, 0.3) is 0 Å². The van der Waals surface area contributed by atoms with Gasteiger partial charge < -0.3 is 10.2 Å². The van der Waals surface area contributed by atoms with Crippen molar-refractivity contribution in [3.63, 3.8) is 0 Å². The van der Waals surface area contributed by atoms with Gasteiger partial charge in [0.1, 0.15) is 6.54 Å². The number of halogens is 1. The van der Waals surface area contributed by atoms with E-state index >= 15 is 0 Å². The summed E-state index contributed by atoms with van der Waals surface area (Å²) >= 11 is 5.93. The molecule has 1 saturated heterocycles. The Labute approximate surface area is 171 Å². The summed E-state index contributed by atoms with van der Waals surface area (Å²) in [5.41, 5.74) is 4.80. The number of nitrogens with zero attached hydrogens (tertiary/aromatic N) is 1. The van der Waals surface area contributed by atoms with Crippen LogP contribution in [0.3, 0.4) is 0 Å². The van der Waals surface area contributed by atoms with E-state index in [0.717, 1.165) is 17.8 Å². The van der Waals surface area contributed by atoms with E-state index in [0.29, 0.717) is 23.7 Å². The Balaban J connectivity index is 1.48. The molecule has 0 radical (unpaired) electrons. The van der Waals surface area contributed by atoms with E-state index in [2.05, 4.69) is 24.6 Å². The van der Waals surface area contributed by atoms with Crippen LogP contribution in [-0.4, -0.2) is 48.5 Å². The minimum Gasteiger partial charge on any atom is -0.349 e. The van der Waals surface area contributed by atoms with E-state index in [9.17, 15) is 9.59 Å². The van der Waals surface area contributed by atoms with Gasteiger partial charge in [-0.3, -0.25) is 15.0 Å². The molecule has 6 nitrogen and oxygen atoms in total. The number of hydrogen-bond donors (Lipinski definition) is 3. The Bertz CT molecular complexity index is 724. The van der Waals surface area contributed by atoms with E-state index in [1.54, 1.807) is 17.0 Å². The number of quaternary nitrogens is 1. The number of rotatable bonds is 6. The smallest absolute Gasteiger partial charge is 0.245 e. The van der Waals surface area contributed by atoms with Crippen LogP contribution in [0.15, 0.2) is 30.3 Å². The van der Waals surface area contributed by atoms with Crippen molar-refractivity contribution in [2.45, 2.75) is 51.6 Å². The second-order valence-corrected chi connectivity index (χ2v) is 8.26. The molecule has 0 aliphatic carbocycles. The van der Waals surface area contributed by atoms with Crippen LogP contribution in [0.2, 0.25) is 5.02 Å². The molecule has 3 N–H and O–H groups in total. The molecule has 1 aromatic rings. The summed E-state index contributed by atoms with van der Waals surface area (Å²) in [7, 11) is 0. The average Bonchev–Trinajstić information content (AvgIpc) is 2.66. The minimum absolute atomic E-state index is 0.00417. The van der Waals surface area contributed by atoms with Crippen molar-refractivity contribution in [1.29, 1.82) is 0 Å². The highest BCUT2D eigenvalue weighted by Crippen LogP contribution is 2.19. The molecular weight excluding hydrogens is 376 g/mol. The second kappa shape index (κ2) is 9.43. The quantitative estimate of drug-likeness (QED) is 0.670. The second-order valence-electron chi connectivity index (χ2n) is 7.83. The van der Waals surface area contributed by atoms with Crippen LogP contribution in [-0.2, 0) is 9.59 Å². The third-order valence-electron chi connectivity index (χ3n) is 5.77. The summed E-state index contributed by atoms with van der Waals surface area (Å²) in [4.78, 5) is 26.1. The van der Waals surface area contributed by atoms with Crippen LogP contribution in [0, 0.1) is 0 Å². The highest BCUT2D eigenvalue weighted by Gasteiger charge is 2.28. The van der Waals surface area contributed by atoms with Gasteiger partial charge in [-0.15, -0.1) is 0 Å². The van der Waals surface area contributed by atoms with Crippen LogP contribution >= 0.6 is 11.6 Å². The van der Waals surface area contributed by atoms with Crippen molar-refractivity contribution in [2.24, 2.45) is 0 Å². The molecule has 2 amide bonds. The molecule has 0 aromatic heterocycles. The maximum atomic E-state index is 12.4. The number of amides is 2. The van der Waals surface area contributed by atoms with E-state index in [4.69, 9.17) is 11.6 Å². The number of hydrazine groups is 1. The van der Waals surface area contributed by atoms with Gasteiger partial charge in [0.2, 0.25) is 11.8 Å². The molecule has 3 rings (SSSR count). The predicted molar refractivity (Wildman–Crippen MR) is 111 cm³/mol. The van der Waals surface area contributed by atoms with Crippen LogP contribution in [0.1, 0.15) is 45.1 Å². The SMILES string of the molecule is CC1CCCC(C)[NH+]1CCNC(=O)CN1NC(c2ccc(Cl)cc2)=CCC1=O. The lowest BCUT2D eigenvalue weighted by Crippen LogP contribution is -3.19. The molecule has 2 aliphatic rings. The monoisotopic (exact) mass is 405 g/mol. The van der Waals surface area contributed by atoms with Gasteiger partial charge in [0, 0.05) is 11.4 Å². The van der Waals surface area contributed by atoms with Gasteiger partial charge in [-0.1, -0.05) is 23.7 Å². The van der Waals surface area contributed by atoms with Crippen molar-refractivity contribution in [1.82, 2.24) is 15.8 Å². The first-order valence-electron chi connectivity index (χ1n) is 10.1. The molecule has 2 atom stereocenters. The number of nitrogens with one attached hydrogen (secondary N) is 3. The number of piperidine rings is 1. The van der Waals surface area contributed by atoms with Gasteiger partial charge in [-0.05, 0) is 56.9 Å². The van der Waals surface area contributed by atoms with Crippen LogP contribution in [0.4, 0.5) is 0 Å². The number of carbonyl (C=O) groups excluding carboxylic acids is 2. The molecule has 2 aliphatic heterocycles. The molecule has 152 valence electrons. The standard InChI is InChI=1S/C21H29ClN4O2/c1-15-4-3-5-16(2)25(15)13-12-23-20(27)14-26-21(28)11-10-19(24-26)17-6-8-18(22)9-7-17/h6-10,15-16,24H,3-5,11-14H2,1-2H3,(H,23,27)/p+1. The molecule has 7 heteroatoms. The predicted octanol–water partition coefficient (Wildman–Crippen LogP) is 1.38. The molecule has 0 spiro atoms. The summed E-state index contributed by atoms with van der Waals surface area (Å²) in [6.45, 7) is 6.13. The van der Waals surface area contributed by atoms with Crippen LogP contribution in [0.5, 0.6) is 0 Å². The van der Waals surface area contributed by atoms with E-state index in [-0.39, 0.29) is 24.8 Å². The van der Waals surface area contributed by atoms with E-state index in [1.807, 2.05) is 18.2 Å². The Morgan fingerprint density at radius 1 is 1.25 bits per heavy atom.